The number of carbonyl (C=O) groups is 1. The van der Waals surface area contributed by atoms with Crippen molar-refractivity contribution in [3.63, 3.8) is 0 Å². The van der Waals surface area contributed by atoms with Gasteiger partial charge in [-0.1, -0.05) is 0 Å². The van der Waals surface area contributed by atoms with Gasteiger partial charge in [-0.05, 0) is 38.1 Å². The topological polar surface area (TPSA) is 73.8 Å². The molecule has 0 atom stereocenters. The highest BCUT2D eigenvalue weighted by molar-refractivity contribution is 6.03. The van der Waals surface area contributed by atoms with E-state index >= 15 is 0 Å². The lowest BCUT2D eigenvalue weighted by molar-refractivity contribution is 0.101. The maximum Gasteiger partial charge on any atom is 0.328 e. The largest absolute Gasteiger partial charge is 0.328 e. The SMILES string of the molecule is Cc1ncn(-c2ccc(NC(=O)c3cn(C)c(=O)n3C)cc2)c1C. The molecule has 3 rings (SSSR count). The highest BCUT2D eigenvalue weighted by atomic mass is 16.2. The zero-order chi connectivity index (χ0) is 17.4. The number of hydrogen-bond donors (Lipinski definition) is 1. The number of aromatic nitrogens is 4. The molecule has 1 N–H and O–H groups in total. The van der Waals surface area contributed by atoms with Gasteiger partial charge >= 0.3 is 5.69 Å². The van der Waals surface area contributed by atoms with Gasteiger partial charge in [0.1, 0.15) is 5.69 Å². The van der Waals surface area contributed by atoms with E-state index in [0.29, 0.717) is 11.4 Å². The van der Waals surface area contributed by atoms with E-state index in [1.165, 1.54) is 15.3 Å². The van der Waals surface area contributed by atoms with Gasteiger partial charge in [-0.2, -0.15) is 0 Å². The van der Waals surface area contributed by atoms with Crippen molar-refractivity contribution in [3.05, 3.63) is 64.4 Å². The Labute approximate surface area is 139 Å². The number of imidazole rings is 2. The fraction of sp³-hybridized carbons (Fsp3) is 0.235. The van der Waals surface area contributed by atoms with Gasteiger partial charge in [-0.15, -0.1) is 0 Å². The molecule has 0 radical (unpaired) electrons. The van der Waals surface area contributed by atoms with E-state index in [9.17, 15) is 9.59 Å². The van der Waals surface area contributed by atoms with Gasteiger partial charge in [-0.3, -0.25) is 9.36 Å². The molecule has 0 bridgehead atoms. The fourth-order valence-electron chi connectivity index (χ4n) is 2.54. The zero-order valence-electron chi connectivity index (χ0n) is 14.1. The van der Waals surface area contributed by atoms with E-state index in [2.05, 4.69) is 10.3 Å². The van der Waals surface area contributed by atoms with Crippen LogP contribution in [0, 0.1) is 13.8 Å². The number of aryl methyl sites for hydroxylation is 2. The molecule has 0 fully saturated rings. The van der Waals surface area contributed by atoms with Crippen molar-refractivity contribution in [2.24, 2.45) is 14.1 Å². The van der Waals surface area contributed by atoms with Crippen LogP contribution in [-0.4, -0.2) is 24.6 Å². The lowest BCUT2D eigenvalue weighted by Crippen LogP contribution is -2.23. The first-order chi connectivity index (χ1) is 11.4. The Morgan fingerprint density at radius 2 is 1.79 bits per heavy atom. The summed E-state index contributed by atoms with van der Waals surface area (Å²) in [4.78, 5) is 28.3. The molecule has 0 aliphatic rings. The van der Waals surface area contributed by atoms with Crippen LogP contribution in [-0.2, 0) is 14.1 Å². The van der Waals surface area contributed by atoms with Gasteiger partial charge < -0.3 is 14.5 Å². The maximum absolute atomic E-state index is 12.3. The molecule has 24 heavy (non-hydrogen) atoms. The summed E-state index contributed by atoms with van der Waals surface area (Å²) in [7, 11) is 3.19. The summed E-state index contributed by atoms with van der Waals surface area (Å²) in [6, 6.07) is 7.47. The van der Waals surface area contributed by atoms with Crippen LogP contribution in [0.2, 0.25) is 0 Å². The summed E-state index contributed by atoms with van der Waals surface area (Å²) < 4.78 is 4.69. The molecule has 0 spiro atoms. The van der Waals surface area contributed by atoms with E-state index in [4.69, 9.17) is 0 Å². The summed E-state index contributed by atoms with van der Waals surface area (Å²) in [6.45, 7) is 3.97. The molecule has 7 nitrogen and oxygen atoms in total. The van der Waals surface area contributed by atoms with Gasteiger partial charge in [0.25, 0.3) is 5.91 Å². The lowest BCUT2D eigenvalue weighted by Gasteiger charge is -2.08. The van der Waals surface area contributed by atoms with Crippen LogP contribution in [0.4, 0.5) is 5.69 Å². The number of nitrogens with one attached hydrogen (secondary N) is 1. The minimum absolute atomic E-state index is 0.235. The summed E-state index contributed by atoms with van der Waals surface area (Å²) in [5, 5.41) is 2.80. The van der Waals surface area contributed by atoms with Crippen LogP contribution >= 0.6 is 0 Å². The molecule has 0 aliphatic carbocycles. The van der Waals surface area contributed by atoms with Gasteiger partial charge in [-0.25, -0.2) is 9.78 Å². The third kappa shape index (κ3) is 2.64. The standard InChI is InChI=1S/C17H19N5O2/c1-11-12(2)22(10-18-11)14-7-5-13(6-8-14)19-16(23)15-9-20(3)17(24)21(15)4/h5-10H,1-4H3,(H,19,23). The Balaban J connectivity index is 1.81. The number of anilines is 1. The van der Waals surface area contributed by atoms with E-state index < -0.39 is 0 Å². The molecule has 0 unspecified atom stereocenters. The molecule has 0 saturated carbocycles. The lowest BCUT2D eigenvalue weighted by atomic mass is 10.2. The Morgan fingerprint density at radius 3 is 2.29 bits per heavy atom. The van der Waals surface area contributed by atoms with Crippen LogP contribution in [0.25, 0.3) is 5.69 Å². The monoisotopic (exact) mass is 325 g/mol. The predicted octanol–water partition coefficient (Wildman–Crippen LogP) is 1.78. The Morgan fingerprint density at radius 1 is 1.12 bits per heavy atom. The molecule has 2 aromatic heterocycles. The molecule has 0 aliphatic heterocycles. The van der Waals surface area contributed by atoms with Crippen LogP contribution in [0.1, 0.15) is 21.9 Å². The molecule has 2 heterocycles. The highest BCUT2D eigenvalue weighted by Crippen LogP contribution is 2.17. The first-order valence-corrected chi connectivity index (χ1v) is 7.53. The first kappa shape index (κ1) is 15.8. The quantitative estimate of drug-likeness (QED) is 0.798. The van der Waals surface area contributed by atoms with E-state index in [1.54, 1.807) is 20.4 Å². The summed E-state index contributed by atoms with van der Waals surface area (Å²) >= 11 is 0. The molecule has 7 heteroatoms. The summed E-state index contributed by atoms with van der Waals surface area (Å²) in [5.74, 6) is -0.322. The average molecular weight is 325 g/mol. The van der Waals surface area contributed by atoms with Crippen molar-refractivity contribution in [3.8, 4) is 5.69 Å². The van der Waals surface area contributed by atoms with Crippen LogP contribution in [0.15, 0.2) is 41.6 Å². The van der Waals surface area contributed by atoms with Gasteiger partial charge in [0.05, 0.1) is 12.0 Å². The van der Waals surface area contributed by atoms with E-state index in [1.807, 2.05) is 42.7 Å². The Kier molecular flexibility index (Phi) is 3.84. The average Bonchev–Trinajstić information content (AvgIpc) is 3.03. The van der Waals surface area contributed by atoms with Crippen molar-refractivity contribution in [1.29, 1.82) is 0 Å². The van der Waals surface area contributed by atoms with Crippen molar-refractivity contribution in [2.45, 2.75) is 13.8 Å². The van der Waals surface area contributed by atoms with Crippen molar-refractivity contribution in [1.82, 2.24) is 18.7 Å². The number of amides is 1. The second-order valence-corrected chi connectivity index (χ2v) is 5.75. The number of carbonyl (C=O) groups excluding carboxylic acids is 1. The van der Waals surface area contributed by atoms with Gasteiger partial charge in [0.15, 0.2) is 0 Å². The van der Waals surface area contributed by atoms with Crippen LogP contribution < -0.4 is 11.0 Å². The number of nitrogens with zero attached hydrogens (tertiary/aromatic N) is 4. The molecule has 3 aromatic rings. The number of hydrogen-bond acceptors (Lipinski definition) is 3. The molecular formula is C17H19N5O2. The van der Waals surface area contributed by atoms with Crippen molar-refractivity contribution < 1.29 is 4.79 Å². The zero-order valence-corrected chi connectivity index (χ0v) is 14.1. The molecule has 1 aromatic carbocycles. The van der Waals surface area contributed by atoms with Gasteiger partial charge in [0, 0.05) is 37.4 Å². The molecule has 1 amide bonds. The Bertz CT molecular complexity index is 960. The predicted molar refractivity (Wildman–Crippen MR) is 91.6 cm³/mol. The maximum atomic E-state index is 12.3. The van der Waals surface area contributed by atoms with E-state index in [-0.39, 0.29) is 11.6 Å². The fourth-order valence-corrected chi connectivity index (χ4v) is 2.54. The first-order valence-electron chi connectivity index (χ1n) is 7.53. The van der Waals surface area contributed by atoms with E-state index in [0.717, 1.165) is 17.1 Å². The second kappa shape index (κ2) is 5.84. The molecule has 124 valence electrons. The Hall–Kier alpha value is -3.09. The minimum atomic E-state index is -0.322. The third-order valence-electron chi connectivity index (χ3n) is 4.15. The van der Waals surface area contributed by atoms with Crippen LogP contribution in [0.3, 0.4) is 0 Å². The highest BCUT2D eigenvalue weighted by Gasteiger charge is 2.14. The number of benzene rings is 1. The molecule has 0 saturated heterocycles. The van der Waals surface area contributed by atoms with Crippen molar-refractivity contribution >= 4 is 11.6 Å². The van der Waals surface area contributed by atoms with Crippen molar-refractivity contribution in [2.75, 3.05) is 5.32 Å². The van der Waals surface area contributed by atoms with Gasteiger partial charge in [0.2, 0.25) is 0 Å². The number of rotatable bonds is 3. The normalized spacial score (nSPS) is 10.8. The summed E-state index contributed by atoms with van der Waals surface area (Å²) in [6.07, 6.45) is 3.29. The minimum Gasteiger partial charge on any atom is -0.321 e. The molecular weight excluding hydrogens is 306 g/mol. The second-order valence-electron chi connectivity index (χ2n) is 5.75. The smallest absolute Gasteiger partial charge is 0.321 e. The summed E-state index contributed by atoms with van der Waals surface area (Å²) in [5.41, 5.74) is 3.77. The third-order valence-corrected chi connectivity index (χ3v) is 4.15. The van der Waals surface area contributed by atoms with Crippen LogP contribution in [0.5, 0.6) is 0 Å².